The first-order chi connectivity index (χ1) is 11.0. The lowest BCUT2D eigenvalue weighted by Gasteiger charge is -2.30. The monoisotopic (exact) mass is 329 g/mol. The molecule has 24 heavy (non-hydrogen) atoms. The first-order valence-corrected chi connectivity index (χ1v) is 9.14. The lowest BCUT2D eigenvalue weighted by Crippen LogP contribution is -2.20. The summed E-state index contributed by atoms with van der Waals surface area (Å²) >= 11 is 0. The summed E-state index contributed by atoms with van der Waals surface area (Å²) in [5.74, 6) is 1.62. The Balaban J connectivity index is 3.41. The van der Waals surface area contributed by atoms with Gasteiger partial charge >= 0.3 is 0 Å². The molecule has 0 saturated heterocycles. The third-order valence-electron chi connectivity index (χ3n) is 4.15. The number of hydrogen-bond acceptors (Lipinski definition) is 2. The quantitative estimate of drug-likeness (QED) is 0.585. The van der Waals surface area contributed by atoms with E-state index in [-0.39, 0.29) is 10.8 Å². The Kier molecular flexibility index (Phi) is 6.90. The molecular formula is C22H35NO. The SMILES string of the molecule is CC(C)Cc1cc(C(C)(C)C)cc(C(C)(C)C)c1OCCCC#N. The van der Waals surface area contributed by atoms with Crippen LogP contribution < -0.4 is 4.74 Å². The van der Waals surface area contributed by atoms with Crippen LogP contribution in [0.15, 0.2) is 12.1 Å². The third kappa shape index (κ3) is 5.86. The van der Waals surface area contributed by atoms with Crippen LogP contribution in [0.25, 0.3) is 0 Å². The van der Waals surface area contributed by atoms with Crippen molar-refractivity contribution in [3.63, 3.8) is 0 Å². The molecule has 0 aliphatic heterocycles. The molecule has 0 radical (unpaired) electrons. The minimum atomic E-state index is 0.0253. The molecule has 0 unspecified atom stereocenters. The highest BCUT2D eigenvalue weighted by Gasteiger charge is 2.26. The van der Waals surface area contributed by atoms with Crippen LogP contribution in [0, 0.1) is 17.2 Å². The van der Waals surface area contributed by atoms with E-state index in [1.165, 1.54) is 16.7 Å². The van der Waals surface area contributed by atoms with Crippen LogP contribution in [0.4, 0.5) is 0 Å². The molecule has 1 aromatic rings. The van der Waals surface area contributed by atoms with E-state index >= 15 is 0 Å². The molecule has 134 valence electrons. The average molecular weight is 330 g/mol. The molecule has 2 heteroatoms. The summed E-state index contributed by atoms with van der Waals surface area (Å²) in [5, 5.41) is 8.74. The summed E-state index contributed by atoms with van der Waals surface area (Å²) in [7, 11) is 0. The fourth-order valence-electron chi connectivity index (χ4n) is 2.77. The predicted molar refractivity (Wildman–Crippen MR) is 103 cm³/mol. The fourth-order valence-corrected chi connectivity index (χ4v) is 2.77. The van der Waals surface area contributed by atoms with E-state index in [1.807, 2.05) is 0 Å². The van der Waals surface area contributed by atoms with Crippen molar-refractivity contribution in [1.82, 2.24) is 0 Å². The lowest BCUT2D eigenvalue weighted by atomic mass is 9.78. The molecule has 0 amide bonds. The van der Waals surface area contributed by atoms with E-state index in [4.69, 9.17) is 10.00 Å². The molecule has 2 nitrogen and oxygen atoms in total. The highest BCUT2D eigenvalue weighted by atomic mass is 16.5. The van der Waals surface area contributed by atoms with Gasteiger partial charge in [0.2, 0.25) is 0 Å². The zero-order valence-corrected chi connectivity index (χ0v) is 16.9. The minimum absolute atomic E-state index is 0.0253. The van der Waals surface area contributed by atoms with Crippen LogP contribution in [0.2, 0.25) is 0 Å². The first kappa shape index (κ1) is 20.6. The summed E-state index contributed by atoms with van der Waals surface area (Å²) in [5.41, 5.74) is 4.09. The van der Waals surface area contributed by atoms with E-state index in [1.54, 1.807) is 0 Å². The second-order valence-corrected chi connectivity index (χ2v) is 9.22. The Morgan fingerprint density at radius 1 is 1.04 bits per heavy atom. The zero-order valence-electron chi connectivity index (χ0n) is 16.9. The second kappa shape index (κ2) is 8.06. The predicted octanol–water partition coefficient (Wildman–Crippen LogP) is 6.16. The van der Waals surface area contributed by atoms with Gasteiger partial charge in [0.15, 0.2) is 0 Å². The van der Waals surface area contributed by atoms with Gasteiger partial charge in [-0.3, -0.25) is 0 Å². The van der Waals surface area contributed by atoms with Crippen molar-refractivity contribution in [3.8, 4) is 11.8 Å². The van der Waals surface area contributed by atoms with Gasteiger partial charge in [-0.25, -0.2) is 0 Å². The minimum Gasteiger partial charge on any atom is -0.493 e. The molecule has 0 N–H and O–H groups in total. The number of ether oxygens (including phenoxy) is 1. The molecular weight excluding hydrogens is 294 g/mol. The molecule has 0 bridgehead atoms. The summed E-state index contributed by atoms with van der Waals surface area (Å²) in [6, 6.07) is 6.85. The Morgan fingerprint density at radius 2 is 1.67 bits per heavy atom. The van der Waals surface area contributed by atoms with E-state index < -0.39 is 0 Å². The van der Waals surface area contributed by atoms with E-state index in [0.29, 0.717) is 18.9 Å². The highest BCUT2D eigenvalue weighted by Crippen LogP contribution is 2.39. The summed E-state index contributed by atoms with van der Waals surface area (Å²) in [6.07, 6.45) is 2.34. The van der Waals surface area contributed by atoms with Gasteiger partial charge in [0.05, 0.1) is 12.7 Å². The van der Waals surface area contributed by atoms with Gasteiger partial charge in [0, 0.05) is 12.0 Å². The Labute approximate surface area is 149 Å². The van der Waals surface area contributed by atoms with Crippen molar-refractivity contribution < 1.29 is 4.74 Å². The van der Waals surface area contributed by atoms with Gasteiger partial charge < -0.3 is 4.74 Å². The number of nitrogens with zero attached hydrogens (tertiary/aromatic N) is 1. The summed E-state index contributed by atoms with van der Waals surface area (Å²) in [4.78, 5) is 0. The number of hydrogen-bond donors (Lipinski definition) is 0. The molecule has 1 aromatic carbocycles. The first-order valence-electron chi connectivity index (χ1n) is 9.14. The van der Waals surface area contributed by atoms with Gasteiger partial charge in [-0.2, -0.15) is 5.26 Å². The van der Waals surface area contributed by atoms with Gasteiger partial charge in [0.1, 0.15) is 5.75 Å². The summed E-state index contributed by atoms with van der Waals surface area (Å²) in [6.45, 7) is 18.6. The number of benzene rings is 1. The third-order valence-corrected chi connectivity index (χ3v) is 4.15. The Morgan fingerprint density at radius 3 is 2.12 bits per heavy atom. The van der Waals surface area contributed by atoms with Crippen molar-refractivity contribution in [2.75, 3.05) is 6.61 Å². The lowest BCUT2D eigenvalue weighted by molar-refractivity contribution is 0.299. The molecule has 0 aliphatic rings. The molecule has 0 heterocycles. The molecule has 0 aromatic heterocycles. The molecule has 0 fully saturated rings. The largest absolute Gasteiger partial charge is 0.493 e. The van der Waals surface area contributed by atoms with Crippen LogP contribution in [0.3, 0.4) is 0 Å². The Hall–Kier alpha value is -1.49. The van der Waals surface area contributed by atoms with Crippen LogP contribution in [-0.4, -0.2) is 6.61 Å². The van der Waals surface area contributed by atoms with Gasteiger partial charge in [-0.1, -0.05) is 67.5 Å². The van der Waals surface area contributed by atoms with Crippen molar-refractivity contribution in [2.45, 2.75) is 85.5 Å². The van der Waals surface area contributed by atoms with Crippen LogP contribution >= 0.6 is 0 Å². The average Bonchev–Trinajstić information content (AvgIpc) is 2.41. The Bertz CT molecular complexity index is 580. The maximum atomic E-state index is 8.74. The summed E-state index contributed by atoms with van der Waals surface area (Å²) < 4.78 is 6.21. The van der Waals surface area contributed by atoms with Crippen molar-refractivity contribution >= 4 is 0 Å². The van der Waals surface area contributed by atoms with Crippen LogP contribution in [0.5, 0.6) is 5.75 Å². The van der Waals surface area contributed by atoms with Gasteiger partial charge in [-0.15, -0.1) is 0 Å². The van der Waals surface area contributed by atoms with Crippen molar-refractivity contribution in [3.05, 3.63) is 28.8 Å². The number of unbranched alkanes of at least 4 members (excludes halogenated alkanes) is 1. The standard InChI is InChI=1S/C22H35NO/c1-16(2)13-17-14-18(21(3,4)5)15-19(22(6,7)8)20(17)24-12-10-9-11-23/h14-16H,9-10,12-13H2,1-8H3. The molecule has 0 saturated carbocycles. The van der Waals surface area contributed by atoms with Gasteiger partial charge in [0.25, 0.3) is 0 Å². The zero-order chi connectivity index (χ0) is 18.5. The van der Waals surface area contributed by atoms with Crippen LogP contribution in [0.1, 0.15) is 84.9 Å². The molecule has 0 aliphatic carbocycles. The maximum absolute atomic E-state index is 8.74. The van der Waals surface area contributed by atoms with Crippen molar-refractivity contribution in [2.24, 2.45) is 5.92 Å². The molecule has 0 atom stereocenters. The van der Waals surface area contributed by atoms with E-state index in [9.17, 15) is 0 Å². The van der Waals surface area contributed by atoms with Gasteiger partial charge in [-0.05, 0) is 40.7 Å². The van der Waals surface area contributed by atoms with E-state index in [2.05, 4.69) is 73.6 Å². The van der Waals surface area contributed by atoms with Crippen LogP contribution in [-0.2, 0) is 17.3 Å². The second-order valence-electron chi connectivity index (χ2n) is 9.22. The molecule has 0 spiro atoms. The molecule has 1 rings (SSSR count). The van der Waals surface area contributed by atoms with E-state index in [0.717, 1.165) is 18.6 Å². The highest BCUT2D eigenvalue weighted by molar-refractivity contribution is 5.49. The number of nitriles is 1. The topological polar surface area (TPSA) is 33.0 Å². The normalized spacial score (nSPS) is 12.3. The maximum Gasteiger partial charge on any atom is 0.126 e. The fraction of sp³-hybridized carbons (Fsp3) is 0.682. The van der Waals surface area contributed by atoms with Crippen molar-refractivity contribution in [1.29, 1.82) is 5.26 Å². The number of rotatable bonds is 6. The smallest absolute Gasteiger partial charge is 0.126 e.